The van der Waals surface area contributed by atoms with Crippen LogP contribution in [0.2, 0.25) is 0 Å². The Labute approximate surface area is 85.4 Å². The topological polar surface area (TPSA) is 37.4 Å². The second-order valence-electron chi connectivity index (χ2n) is 3.20. The summed E-state index contributed by atoms with van der Waals surface area (Å²) < 4.78 is 24.3. The van der Waals surface area contributed by atoms with E-state index in [-0.39, 0.29) is 5.75 Å². The third kappa shape index (κ3) is 2.26. The summed E-state index contributed by atoms with van der Waals surface area (Å²) in [5.41, 5.74) is 1.83. The van der Waals surface area contributed by atoms with Crippen LogP contribution in [0.4, 0.5) is 5.69 Å². The molecule has 0 saturated heterocycles. The van der Waals surface area contributed by atoms with Gasteiger partial charge in [-0.1, -0.05) is 17.7 Å². The van der Waals surface area contributed by atoms with Crippen molar-refractivity contribution in [2.75, 3.05) is 17.1 Å². The summed E-state index contributed by atoms with van der Waals surface area (Å²) in [6.07, 6.45) is 0. The highest BCUT2D eigenvalue weighted by Crippen LogP contribution is 2.16. The molecule has 0 bridgehead atoms. The van der Waals surface area contributed by atoms with Crippen molar-refractivity contribution in [1.82, 2.24) is 0 Å². The quantitative estimate of drug-likeness (QED) is 0.767. The van der Waals surface area contributed by atoms with E-state index in [1.54, 1.807) is 14.0 Å². The normalized spacial score (nSPS) is 11.4. The fourth-order valence-electron chi connectivity index (χ4n) is 1.11. The Hall–Kier alpha value is -1.03. The van der Waals surface area contributed by atoms with Crippen molar-refractivity contribution < 1.29 is 8.42 Å². The van der Waals surface area contributed by atoms with Crippen LogP contribution in [-0.4, -0.2) is 21.2 Å². The number of benzene rings is 1. The van der Waals surface area contributed by atoms with Crippen molar-refractivity contribution in [3.8, 4) is 0 Å². The zero-order chi connectivity index (χ0) is 10.8. The van der Waals surface area contributed by atoms with Crippen LogP contribution in [0.1, 0.15) is 12.5 Å². The number of sulfonamides is 1. The van der Waals surface area contributed by atoms with Crippen LogP contribution in [-0.2, 0) is 10.0 Å². The van der Waals surface area contributed by atoms with Gasteiger partial charge in [0.05, 0.1) is 11.4 Å². The van der Waals surface area contributed by atoms with Crippen LogP contribution in [0.5, 0.6) is 0 Å². The fourth-order valence-corrected chi connectivity index (χ4v) is 1.94. The van der Waals surface area contributed by atoms with E-state index in [4.69, 9.17) is 0 Å². The molecule has 78 valence electrons. The van der Waals surface area contributed by atoms with Crippen molar-refractivity contribution in [3.05, 3.63) is 29.8 Å². The van der Waals surface area contributed by atoms with Crippen molar-refractivity contribution >= 4 is 15.7 Å². The molecule has 14 heavy (non-hydrogen) atoms. The van der Waals surface area contributed by atoms with Gasteiger partial charge < -0.3 is 0 Å². The average molecular weight is 213 g/mol. The van der Waals surface area contributed by atoms with Crippen molar-refractivity contribution in [3.63, 3.8) is 0 Å². The van der Waals surface area contributed by atoms with Crippen molar-refractivity contribution in [1.29, 1.82) is 0 Å². The van der Waals surface area contributed by atoms with E-state index >= 15 is 0 Å². The van der Waals surface area contributed by atoms with E-state index in [1.165, 1.54) is 4.31 Å². The summed E-state index contributed by atoms with van der Waals surface area (Å²) in [5.74, 6) is 0.122. The Morgan fingerprint density at radius 3 is 2.14 bits per heavy atom. The van der Waals surface area contributed by atoms with Crippen LogP contribution in [0, 0.1) is 6.92 Å². The third-order valence-electron chi connectivity index (χ3n) is 2.18. The number of aryl methyl sites for hydroxylation is 1. The minimum Gasteiger partial charge on any atom is -0.273 e. The van der Waals surface area contributed by atoms with Crippen LogP contribution < -0.4 is 4.31 Å². The molecule has 0 spiro atoms. The Balaban J connectivity index is 3.01. The van der Waals surface area contributed by atoms with E-state index in [0.717, 1.165) is 5.56 Å². The van der Waals surface area contributed by atoms with E-state index in [0.29, 0.717) is 5.69 Å². The lowest BCUT2D eigenvalue weighted by atomic mass is 10.2. The lowest BCUT2D eigenvalue weighted by Gasteiger charge is -2.18. The van der Waals surface area contributed by atoms with Crippen LogP contribution in [0.15, 0.2) is 24.3 Å². The molecule has 0 aromatic heterocycles. The van der Waals surface area contributed by atoms with Gasteiger partial charge in [0, 0.05) is 7.05 Å². The highest BCUT2D eigenvalue weighted by atomic mass is 32.2. The maximum Gasteiger partial charge on any atom is 0.234 e. The van der Waals surface area contributed by atoms with Gasteiger partial charge >= 0.3 is 0 Å². The predicted octanol–water partition coefficient (Wildman–Crippen LogP) is 1.78. The molecule has 0 heterocycles. The standard InChI is InChI=1S/C10H15NO2S/c1-4-14(12,13)11(3)10-7-5-9(2)6-8-10/h5-8H,4H2,1-3H3. The minimum absolute atomic E-state index is 0.122. The zero-order valence-corrected chi connectivity index (χ0v) is 9.50. The molecule has 1 aromatic carbocycles. The first kappa shape index (κ1) is 11.0. The van der Waals surface area contributed by atoms with Crippen molar-refractivity contribution in [2.45, 2.75) is 13.8 Å². The van der Waals surface area contributed by atoms with E-state index < -0.39 is 10.0 Å². The first-order valence-corrected chi connectivity index (χ1v) is 6.11. The zero-order valence-electron chi connectivity index (χ0n) is 8.69. The Morgan fingerprint density at radius 2 is 1.71 bits per heavy atom. The van der Waals surface area contributed by atoms with Gasteiger partial charge in [0.1, 0.15) is 0 Å². The average Bonchev–Trinajstić information content (AvgIpc) is 2.18. The van der Waals surface area contributed by atoms with Gasteiger partial charge in [-0.25, -0.2) is 8.42 Å². The van der Waals surface area contributed by atoms with E-state index in [9.17, 15) is 8.42 Å². The molecule has 0 amide bonds. The third-order valence-corrected chi connectivity index (χ3v) is 3.95. The van der Waals surface area contributed by atoms with E-state index in [2.05, 4.69) is 0 Å². The van der Waals surface area contributed by atoms with Crippen LogP contribution >= 0.6 is 0 Å². The fraction of sp³-hybridized carbons (Fsp3) is 0.400. The molecule has 0 unspecified atom stereocenters. The summed E-state index contributed by atoms with van der Waals surface area (Å²) in [7, 11) is -1.56. The number of hydrogen-bond donors (Lipinski definition) is 0. The molecule has 3 nitrogen and oxygen atoms in total. The van der Waals surface area contributed by atoms with Gasteiger partial charge in [0.15, 0.2) is 0 Å². The lowest BCUT2D eigenvalue weighted by Crippen LogP contribution is -2.27. The molecule has 1 rings (SSSR count). The molecule has 0 aliphatic heterocycles. The highest BCUT2D eigenvalue weighted by molar-refractivity contribution is 7.92. The minimum atomic E-state index is -3.13. The van der Waals surface area contributed by atoms with Gasteiger partial charge in [-0.15, -0.1) is 0 Å². The molecule has 0 atom stereocenters. The van der Waals surface area contributed by atoms with Gasteiger partial charge in [-0.2, -0.15) is 0 Å². The molecule has 0 fully saturated rings. The molecule has 0 radical (unpaired) electrons. The van der Waals surface area contributed by atoms with Gasteiger partial charge in [0.2, 0.25) is 10.0 Å². The van der Waals surface area contributed by atoms with Crippen LogP contribution in [0.25, 0.3) is 0 Å². The second kappa shape index (κ2) is 4.00. The molecule has 0 aliphatic rings. The van der Waals surface area contributed by atoms with Gasteiger partial charge in [-0.05, 0) is 26.0 Å². The number of nitrogens with zero attached hydrogens (tertiary/aromatic N) is 1. The van der Waals surface area contributed by atoms with Gasteiger partial charge in [0.25, 0.3) is 0 Å². The summed E-state index contributed by atoms with van der Waals surface area (Å²) >= 11 is 0. The Morgan fingerprint density at radius 1 is 1.21 bits per heavy atom. The maximum absolute atomic E-state index is 11.5. The summed E-state index contributed by atoms with van der Waals surface area (Å²) in [6.45, 7) is 3.61. The van der Waals surface area contributed by atoms with Crippen LogP contribution in [0.3, 0.4) is 0 Å². The maximum atomic E-state index is 11.5. The first-order chi connectivity index (χ1) is 6.47. The monoisotopic (exact) mass is 213 g/mol. The first-order valence-electron chi connectivity index (χ1n) is 4.50. The van der Waals surface area contributed by atoms with E-state index in [1.807, 2.05) is 31.2 Å². The molecule has 0 aliphatic carbocycles. The smallest absolute Gasteiger partial charge is 0.234 e. The summed E-state index contributed by atoms with van der Waals surface area (Å²) in [4.78, 5) is 0. The summed E-state index contributed by atoms with van der Waals surface area (Å²) in [5, 5.41) is 0. The SMILES string of the molecule is CCS(=O)(=O)N(C)c1ccc(C)cc1. The molecular formula is C10H15NO2S. The Kier molecular flexibility index (Phi) is 3.16. The number of hydrogen-bond acceptors (Lipinski definition) is 2. The molecular weight excluding hydrogens is 198 g/mol. The van der Waals surface area contributed by atoms with Crippen molar-refractivity contribution in [2.24, 2.45) is 0 Å². The molecule has 0 saturated carbocycles. The van der Waals surface area contributed by atoms with Gasteiger partial charge in [-0.3, -0.25) is 4.31 Å². The Bertz CT molecular complexity index is 395. The lowest BCUT2D eigenvalue weighted by molar-refractivity contribution is 0.595. The second-order valence-corrected chi connectivity index (χ2v) is 5.49. The molecule has 4 heteroatoms. The molecule has 0 N–H and O–H groups in total. The number of anilines is 1. The largest absolute Gasteiger partial charge is 0.273 e. The summed E-state index contributed by atoms with van der Waals surface area (Å²) in [6, 6.07) is 7.42. The molecule has 1 aromatic rings. The predicted molar refractivity (Wildman–Crippen MR) is 59.0 cm³/mol. The number of rotatable bonds is 3. The highest BCUT2D eigenvalue weighted by Gasteiger charge is 2.14.